The average Bonchev–Trinajstić information content (AvgIpc) is 2.99. The van der Waals surface area contributed by atoms with Gasteiger partial charge in [0, 0.05) is 17.9 Å². The number of nitrogens with zero attached hydrogens (tertiary/aromatic N) is 1. The van der Waals surface area contributed by atoms with E-state index in [0.717, 1.165) is 12.0 Å². The van der Waals surface area contributed by atoms with Gasteiger partial charge in [-0.1, -0.05) is 13.0 Å². The number of amides is 2. The monoisotopic (exact) mass is 350 g/mol. The van der Waals surface area contributed by atoms with Gasteiger partial charge in [0.1, 0.15) is 6.04 Å². The quantitative estimate of drug-likeness (QED) is 0.852. The van der Waals surface area contributed by atoms with E-state index in [1.165, 1.54) is 6.07 Å². The predicted molar refractivity (Wildman–Crippen MR) is 94.4 cm³/mol. The van der Waals surface area contributed by atoms with Crippen LogP contribution >= 0.6 is 11.8 Å². The van der Waals surface area contributed by atoms with Gasteiger partial charge in [0.05, 0.1) is 11.4 Å². The van der Waals surface area contributed by atoms with Gasteiger partial charge in [-0.2, -0.15) is 0 Å². The maximum atomic E-state index is 12.6. The first-order chi connectivity index (χ1) is 11.3. The standard InChI is InChI=1S/C17H22N2O4S/c1-4-5-15(20)19-9-24-8-14(19)16(21)18-13-7-12(17(22)23)10(2)6-11(13)3/h6-7,14H,4-5,8-9H2,1-3H3,(H,18,21)(H,22,23). The summed E-state index contributed by atoms with van der Waals surface area (Å²) in [6.07, 6.45) is 1.17. The number of anilines is 1. The molecule has 0 bridgehead atoms. The van der Waals surface area contributed by atoms with E-state index >= 15 is 0 Å². The molecule has 1 saturated heterocycles. The molecule has 2 N–H and O–H groups in total. The van der Waals surface area contributed by atoms with Crippen molar-refractivity contribution < 1.29 is 19.5 Å². The van der Waals surface area contributed by atoms with Crippen molar-refractivity contribution in [2.75, 3.05) is 16.9 Å². The minimum absolute atomic E-state index is 0.0190. The summed E-state index contributed by atoms with van der Waals surface area (Å²) < 4.78 is 0. The first-order valence-electron chi connectivity index (χ1n) is 7.87. The zero-order valence-electron chi connectivity index (χ0n) is 14.1. The molecule has 1 atom stereocenters. The van der Waals surface area contributed by atoms with Crippen LogP contribution in [0, 0.1) is 13.8 Å². The van der Waals surface area contributed by atoms with Crippen molar-refractivity contribution in [2.24, 2.45) is 0 Å². The molecule has 0 aliphatic carbocycles. The number of carbonyl (C=O) groups excluding carboxylic acids is 2. The van der Waals surface area contributed by atoms with Crippen LogP contribution in [0.1, 0.15) is 41.3 Å². The van der Waals surface area contributed by atoms with Gasteiger partial charge in [-0.05, 0) is 37.5 Å². The van der Waals surface area contributed by atoms with Crippen LogP contribution < -0.4 is 5.32 Å². The van der Waals surface area contributed by atoms with E-state index in [1.54, 1.807) is 29.7 Å². The number of carbonyl (C=O) groups is 3. The number of hydrogen-bond acceptors (Lipinski definition) is 4. The Balaban J connectivity index is 2.18. The highest BCUT2D eigenvalue weighted by Crippen LogP contribution is 2.25. The molecule has 130 valence electrons. The SMILES string of the molecule is CCCC(=O)N1CSCC1C(=O)Nc1cc(C(=O)O)c(C)cc1C. The number of carboxylic acids is 1. The number of hydrogen-bond donors (Lipinski definition) is 2. The molecule has 1 heterocycles. The Labute approximate surface area is 145 Å². The summed E-state index contributed by atoms with van der Waals surface area (Å²) in [5.41, 5.74) is 2.08. The number of benzene rings is 1. The van der Waals surface area contributed by atoms with Crippen LogP contribution in [0.5, 0.6) is 0 Å². The van der Waals surface area contributed by atoms with Gasteiger partial charge in [-0.3, -0.25) is 9.59 Å². The molecule has 1 aromatic rings. The molecule has 1 aliphatic heterocycles. The van der Waals surface area contributed by atoms with E-state index in [9.17, 15) is 19.5 Å². The number of thioether (sulfide) groups is 1. The topological polar surface area (TPSA) is 86.7 Å². The van der Waals surface area contributed by atoms with Crippen molar-refractivity contribution in [1.29, 1.82) is 0 Å². The number of aromatic carboxylic acids is 1. The molecule has 1 unspecified atom stereocenters. The first-order valence-corrected chi connectivity index (χ1v) is 9.03. The third kappa shape index (κ3) is 3.90. The van der Waals surface area contributed by atoms with E-state index in [1.807, 2.05) is 13.8 Å². The van der Waals surface area contributed by atoms with Crippen molar-refractivity contribution >= 4 is 35.2 Å². The highest BCUT2D eigenvalue weighted by molar-refractivity contribution is 7.99. The molecule has 24 heavy (non-hydrogen) atoms. The van der Waals surface area contributed by atoms with Gasteiger partial charge in [0.25, 0.3) is 0 Å². The van der Waals surface area contributed by atoms with Crippen LogP contribution in [0.3, 0.4) is 0 Å². The minimum atomic E-state index is -1.03. The van der Waals surface area contributed by atoms with Gasteiger partial charge < -0.3 is 15.3 Å². The largest absolute Gasteiger partial charge is 0.478 e. The highest BCUT2D eigenvalue weighted by Gasteiger charge is 2.34. The summed E-state index contributed by atoms with van der Waals surface area (Å²) in [6, 6.07) is 2.70. The lowest BCUT2D eigenvalue weighted by atomic mass is 10.0. The Morgan fingerprint density at radius 3 is 2.62 bits per heavy atom. The molecule has 1 aliphatic rings. The summed E-state index contributed by atoms with van der Waals surface area (Å²) in [6.45, 7) is 5.47. The molecule has 6 nitrogen and oxygen atoms in total. The van der Waals surface area contributed by atoms with Crippen LogP contribution in [0.25, 0.3) is 0 Å². The average molecular weight is 350 g/mol. The third-order valence-electron chi connectivity index (χ3n) is 4.03. The molecule has 1 aromatic carbocycles. The number of carboxylic acid groups (broad SMARTS) is 1. The first kappa shape index (κ1) is 18.3. The summed E-state index contributed by atoms with van der Waals surface area (Å²) >= 11 is 1.55. The van der Waals surface area contributed by atoms with Crippen molar-refractivity contribution in [3.8, 4) is 0 Å². The highest BCUT2D eigenvalue weighted by atomic mass is 32.2. The summed E-state index contributed by atoms with van der Waals surface area (Å²) in [5, 5.41) is 12.0. The van der Waals surface area contributed by atoms with Gasteiger partial charge in [-0.25, -0.2) is 4.79 Å². The maximum Gasteiger partial charge on any atom is 0.336 e. The van der Waals surface area contributed by atoms with Crippen LogP contribution in [0.4, 0.5) is 5.69 Å². The third-order valence-corrected chi connectivity index (χ3v) is 5.04. The second kappa shape index (κ2) is 7.70. The van der Waals surface area contributed by atoms with E-state index in [-0.39, 0.29) is 17.4 Å². The molecular formula is C17H22N2O4S. The maximum absolute atomic E-state index is 12.6. The van der Waals surface area contributed by atoms with Crippen LogP contribution in [0.2, 0.25) is 0 Å². The Bertz CT molecular complexity index is 675. The fraction of sp³-hybridized carbons (Fsp3) is 0.471. The van der Waals surface area contributed by atoms with E-state index in [0.29, 0.717) is 29.3 Å². The molecule has 2 amide bonds. The molecule has 0 radical (unpaired) electrons. The molecule has 1 fully saturated rings. The lowest BCUT2D eigenvalue weighted by Crippen LogP contribution is -2.44. The zero-order valence-corrected chi connectivity index (χ0v) is 14.9. The summed E-state index contributed by atoms with van der Waals surface area (Å²) in [5.74, 6) is -0.247. The van der Waals surface area contributed by atoms with Gasteiger partial charge >= 0.3 is 5.97 Å². The second-order valence-electron chi connectivity index (χ2n) is 5.91. The fourth-order valence-electron chi connectivity index (χ4n) is 2.70. The Kier molecular flexibility index (Phi) is 5.88. The summed E-state index contributed by atoms with van der Waals surface area (Å²) in [7, 11) is 0. The number of aryl methyl sites for hydroxylation is 2. The van der Waals surface area contributed by atoms with Gasteiger partial charge in [0.15, 0.2) is 0 Å². The molecule has 7 heteroatoms. The fourth-order valence-corrected chi connectivity index (χ4v) is 3.88. The molecule has 0 aromatic heterocycles. The van der Waals surface area contributed by atoms with Gasteiger partial charge in [0.2, 0.25) is 11.8 Å². The van der Waals surface area contributed by atoms with Crippen molar-refractivity contribution in [2.45, 2.75) is 39.7 Å². The summed E-state index contributed by atoms with van der Waals surface area (Å²) in [4.78, 5) is 37.6. The van der Waals surface area contributed by atoms with Gasteiger partial charge in [-0.15, -0.1) is 11.8 Å². The van der Waals surface area contributed by atoms with E-state index < -0.39 is 12.0 Å². The smallest absolute Gasteiger partial charge is 0.336 e. The predicted octanol–water partition coefficient (Wildman–Crippen LogP) is 2.64. The minimum Gasteiger partial charge on any atom is -0.478 e. The number of rotatable bonds is 5. The van der Waals surface area contributed by atoms with Crippen LogP contribution in [0.15, 0.2) is 12.1 Å². The van der Waals surface area contributed by atoms with Crippen molar-refractivity contribution in [3.05, 3.63) is 28.8 Å². The normalized spacial score (nSPS) is 17.0. The molecular weight excluding hydrogens is 328 g/mol. The van der Waals surface area contributed by atoms with Crippen LogP contribution in [-0.2, 0) is 9.59 Å². The van der Waals surface area contributed by atoms with Crippen molar-refractivity contribution in [3.63, 3.8) is 0 Å². The Morgan fingerprint density at radius 2 is 2.00 bits per heavy atom. The molecule has 2 rings (SSSR count). The Hall–Kier alpha value is -2.02. The second-order valence-corrected chi connectivity index (χ2v) is 6.91. The van der Waals surface area contributed by atoms with E-state index in [4.69, 9.17) is 0 Å². The van der Waals surface area contributed by atoms with Crippen molar-refractivity contribution in [1.82, 2.24) is 4.90 Å². The molecule has 0 saturated carbocycles. The molecule has 0 spiro atoms. The zero-order chi connectivity index (χ0) is 17.9. The van der Waals surface area contributed by atoms with E-state index in [2.05, 4.69) is 5.32 Å². The Morgan fingerprint density at radius 1 is 1.29 bits per heavy atom. The van der Waals surface area contributed by atoms with Crippen LogP contribution in [-0.4, -0.2) is 45.5 Å². The lowest BCUT2D eigenvalue weighted by molar-refractivity contribution is -0.136. The number of nitrogens with one attached hydrogen (secondary N) is 1. The lowest BCUT2D eigenvalue weighted by Gasteiger charge is -2.23.